The van der Waals surface area contributed by atoms with Gasteiger partial charge in [-0.05, 0) is 24.5 Å². The van der Waals surface area contributed by atoms with Crippen molar-refractivity contribution < 1.29 is 4.39 Å². The third kappa shape index (κ3) is 1.54. The van der Waals surface area contributed by atoms with Crippen LogP contribution in [-0.2, 0) is 0 Å². The molecule has 3 heterocycles. The maximum atomic E-state index is 13.5. The third-order valence-corrected chi connectivity index (χ3v) is 3.70. The van der Waals surface area contributed by atoms with Gasteiger partial charge in [-0.15, -0.1) is 0 Å². The average molecular weight is 227 g/mol. The molecule has 0 aromatic carbocycles. The SMILES string of the molecule is FC1C[C@H]2C[C@H](c3ccc(Cl)nc3)[C@@H]1N2. The predicted octanol–water partition coefficient (Wildman–Crippen LogP) is 2.29. The number of rotatable bonds is 1. The Hall–Kier alpha value is -0.670. The van der Waals surface area contributed by atoms with Gasteiger partial charge in [-0.3, -0.25) is 0 Å². The highest BCUT2D eigenvalue weighted by Crippen LogP contribution is 2.41. The second-order valence-corrected chi connectivity index (χ2v) is 4.78. The van der Waals surface area contributed by atoms with E-state index in [0.717, 1.165) is 12.0 Å². The molecule has 0 saturated carbocycles. The quantitative estimate of drug-likeness (QED) is 0.744. The summed E-state index contributed by atoms with van der Waals surface area (Å²) in [6.07, 6.45) is 2.75. The first-order chi connectivity index (χ1) is 7.24. The van der Waals surface area contributed by atoms with Crippen LogP contribution in [0.5, 0.6) is 0 Å². The first kappa shape index (κ1) is 9.55. The highest BCUT2D eigenvalue weighted by molar-refractivity contribution is 6.29. The summed E-state index contributed by atoms with van der Waals surface area (Å²) in [6.45, 7) is 0. The van der Waals surface area contributed by atoms with Crippen molar-refractivity contribution in [2.75, 3.05) is 0 Å². The van der Waals surface area contributed by atoms with Gasteiger partial charge in [0, 0.05) is 24.2 Å². The highest BCUT2D eigenvalue weighted by Gasteiger charge is 2.46. The molecule has 80 valence electrons. The van der Waals surface area contributed by atoms with Crippen LogP contribution in [0.15, 0.2) is 18.3 Å². The molecule has 2 bridgehead atoms. The maximum absolute atomic E-state index is 13.5. The molecule has 2 fully saturated rings. The summed E-state index contributed by atoms with van der Waals surface area (Å²) in [5.41, 5.74) is 1.10. The van der Waals surface area contributed by atoms with Gasteiger partial charge >= 0.3 is 0 Å². The summed E-state index contributed by atoms with van der Waals surface area (Å²) in [7, 11) is 0. The maximum Gasteiger partial charge on any atom is 0.129 e. The second kappa shape index (κ2) is 3.42. The van der Waals surface area contributed by atoms with Crippen LogP contribution in [0.1, 0.15) is 24.3 Å². The number of hydrogen-bond donors (Lipinski definition) is 1. The predicted molar refractivity (Wildman–Crippen MR) is 56.8 cm³/mol. The van der Waals surface area contributed by atoms with Gasteiger partial charge in [-0.2, -0.15) is 0 Å². The molecular weight excluding hydrogens is 215 g/mol. The Morgan fingerprint density at radius 2 is 2.27 bits per heavy atom. The average Bonchev–Trinajstić information content (AvgIpc) is 2.77. The molecule has 4 heteroatoms. The fraction of sp³-hybridized carbons (Fsp3) is 0.545. The van der Waals surface area contributed by atoms with Crippen molar-refractivity contribution in [3.05, 3.63) is 29.0 Å². The van der Waals surface area contributed by atoms with Crippen LogP contribution in [0, 0.1) is 0 Å². The van der Waals surface area contributed by atoms with Crippen molar-refractivity contribution in [1.29, 1.82) is 0 Å². The Kier molecular flexibility index (Phi) is 2.18. The number of fused-ring (bicyclic) bond motifs is 2. The first-order valence-electron chi connectivity index (χ1n) is 5.25. The standard InChI is InChI=1S/C11H12ClFN2/c12-10-2-1-6(5-14-10)8-3-7-4-9(13)11(8)15-7/h1-2,5,7-9,11,15H,3-4H2/t7-,8-,9?,11+/m1/s1. The normalized spacial score (nSPS) is 38.5. The number of aromatic nitrogens is 1. The van der Waals surface area contributed by atoms with Crippen LogP contribution in [0.25, 0.3) is 0 Å². The van der Waals surface area contributed by atoms with E-state index in [-0.39, 0.29) is 12.0 Å². The van der Waals surface area contributed by atoms with E-state index in [1.807, 2.05) is 6.07 Å². The van der Waals surface area contributed by atoms with E-state index in [9.17, 15) is 4.39 Å². The molecule has 1 aromatic rings. The van der Waals surface area contributed by atoms with Crippen molar-refractivity contribution >= 4 is 11.6 Å². The van der Waals surface area contributed by atoms with Gasteiger partial charge in [0.2, 0.25) is 0 Å². The van der Waals surface area contributed by atoms with Crippen LogP contribution in [0.2, 0.25) is 5.15 Å². The summed E-state index contributed by atoms with van der Waals surface area (Å²) in [6, 6.07) is 4.06. The lowest BCUT2D eigenvalue weighted by molar-refractivity contribution is 0.258. The molecule has 2 saturated heterocycles. The summed E-state index contributed by atoms with van der Waals surface area (Å²) in [4.78, 5) is 4.05. The number of pyridine rings is 1. The zero-order valence-electron chi connectivity index (χ0n) is 8.16. The zero-order valence-corrected chi connectivity index (χ0v) is 8.91. The van der Waals surface area contributed by atoms with E-state index in [1.165, 1.54) is 0 Å². The van der Waals surface area contributed by atoms with E-state index in [1.54, 1.807) is 12.3 Å². The first-order valence-corrected chi connectivity index (χ1v) is 5.63. The lowest BCUT2D eigenvalue weighted by Gasteiger charge is -2.23. The van der Waals surface area contributed by atoms with Crippen molar-refractivity contribution in [2.45, 2.75) is 37.0 Å². The van der Waals surface area contributed by atoms with E-state index in [2.05, 4.69) is 10.3 Å². The lowest BCUT2D eigenvalue weighted by atomic mass is 9.84. The Balaban J connectivity index is 1.86. The van der Waals surface area contributed by atoms with Gasteiger partial charge < -0.3 is 5.32 Å². The Bertz CT molecular complexity index is 367. The highest BCUT2D eigenvalue weighted by atomic mass is 35.5. The summed E-state index contributed by atoms with van der Waals surface area (Å²) < 4.78 is 13.5. The molecule has 0 amide bonds. The van der Waals surface area contributed by atoms with Gasteiger partial charge in [0.1, 0.15) is 11.3 Å². The number of hydrogen-bond acceptors (Lipinski definition) is 2. The number of nitrogens with zero attached hydrogens (tertiary/aromatic N) is 1. The molecule has 0 radical (unpaired) electrons. The molecule has 4 atom stereocenters. The van der Waals surface area contributed by atoms with Gasteiger partial charge in [-0.1, -0.05) is 17.7 Å². The topological polar surface area (TPSA) is 24.9 Å². The number of nitrogens with one attached hydrogen (secondary N) is 1. The monoisotopic (exact) mass is 226 g/mol. The molecule has 2 nitrogen and oxygen atoms in total. The van der Waals surface area contributed by atoms with Gasteiger partial charge in [-0.25, -0.2) is 9.37 Å². The van der Waals surface area contributed by atoms with Gasteiger partial charge in [0.15, 0.2) is 0 Å². The van der Waals surface area contributed by atoms with E-state index < -0.39 is 6.17 Å². The molecule has 15 heavy (non-hydrogen) atoms. The van der Waals surface area contributed by atoms with Crippen molar-refractivity contribution in [3.63, 3.8) is 0 Å². The lowest BCUT2D eigenvalue weighted by Crippen LogP contribution is -2.29. The molecule has 0 spiro atoms. The summed E-state index contributed by atoms with van der Waals surface area (Å²) in [5.74, 6) is 0.267. The Labute approximate surface area is 92.8 Å². The van der Waals surface area contributed by atoms with Crippen LogP contribution in [0.4, 0.5) is 4.39 Å². The Morgan fingerprint density at radius 1 is 1.40 bits per heavy atom. The van der Waals surface area contributed by atoms with Crippen molar-refractivity contribution in [3.8, 4) is 0 Å². The van der Waals surface area contributed by atoms with Crippen LogP contribution in [0.3, 0.4) is 0 Å². The largest absolute Gasteiger partial charge is 0.308 e. The minimum atomic E-state index is -0.704. The second-order valence-electron chi connectivity index (χ2n) is 4.40. The molecular formula is C11H12ClFN2. The zero-order chi connectivity index (χ0) is 10.4. The van der Waals surface area contributed by atoms with Crippen LogP contribution >= 0.6 is 11.6 Å². The number of alkyl halides is 1. The van der Waals surface area contributed by atoms with Crippen molar-refractivity contribution in [2.24, 2.45) is 0 Å². The molecule has 1 N–H and O–H groups in total. The Morgan fingerprint density at radius 3 is 2.87 bits per heavy atom. The summed E-state index contributed by atoms with van der Waals surface area (Å²) in [5, 5.41) is 3.80. The molecule has 3 rings (SSSR count). The fourth-order valence-corrected chi connectivity index (χ4v) is 2.91. The van der Waals surface area contributed by atoms with E-state index in [0.29, 0.717) is 17.6 Å². The molecule has 2 aliphatic heterocycles. The minimum Gasteiger partial charge on any atom is -0.308 e. The van der Waals surface area contributed by atoms with Crippen LogP contribution < -0.4 is 5.32 Å². The van der Waals surface area contributed by atoms with Crippen molar-refractivity contribution in [1.82, 2.24) is 10.3 Å². The third-order valence-electron chi connectivity index (χ3n) is 3.48. The van der Waals surface area contributed by atoms with E-state index >= 15 is 0 Å². The van der Waals surface area contributed by atoms with E-state index in [4.69, 9.17) is 11.6 Å². The molecule has 1 aromatic heterocycles. The minimum absolute atomic E-state index is 0.0158. The van der Waals surface area contributed by atoms with Gasteiger partial charge in [0.25, 0.3) is 0 Å². The fourth-order valence-electron chi connectivity index (χ4n) is 2.80. The molecule has 2 aliphatic rings. The van der Waals surface area contributed by atoms with Crippen LogP contribution in [-0.4, -0.2) is 23.2 Å². The molecule has 0 aliphatic carbocycles. The smallest absolute Gasteiger partial charge is 0.129 e. The summed E-state index contributed by atoms with van der Waals surface area (Å²) >= 11 is 5.73. The van der Waals surface area contributed by atoms with Gasteiger partial charge in [0.05, 0.1) is 0 Å². The molecule has 1 unspecified atom stereocenters. The number of halogens is 2.